The fourth-order valence-corrected chi connectivity index (χ4v) is 0.830. The summed E-state index contributed by atoms with van der Waals surface area (Å²) in [6.45, 7) is 0. The average Bonchev–Trinajstić information content (AvgIpc) is 1.62. The summed E-state index contributed by atoms with van der Waals surface area (Å²) in [5, 5.41) is 8.49. The van der Waals surface area contributed by atoms with E-state index in [2.05, 4.69) is 0 Å². The van der Waals surface area contributed by atoms with Crippen LogP contribution in [0.2, 0.25) is 0 Å². The number of hydrogen-bond donors (Lipinski definition) is 1. The first-order valence-electron chi connectivity index (χ1n) is 1.95. The second kappa shape index (κ2) is 3.77. The van der Waals surface area contributed by atoms with Crippen molar-refractivity contribution < 1.29 is 18.3 Å². The number of alkyl halides is 6. The molecule has 0 aliphatic rings. The van der Waals surface area contributed by atoms with Crippen LogP contribution in [0.15, 0.2) is 0 Å². The van der Waals surface area contributed by atoms with Crippen molar-refractivity contribution in [2.45, 2.75) is 11.7 Å². The van der Waals surface area contributed by atoms with Crippen molar-refractivity contribution >= 4 is 67.8 Å². The molecule has 0 heterocycles. The van der Waals surface area contributed by atoms with Gasteiger partial charge >= 0.3 is 5.85 Å². The first-order valence-corrected chi connectivity index (χ1v) is 5.19. The third-order valence-electron chi connectivity index (χ3n) is 0.687. The minimum Gasteiger partial charge on any atom is -0.355 e. The fourth-order valence-electron chi connectivity index (χ4n) is 0.124. The van der Waals surface area contributed by atoms with Crippen LogP contribution >= 0.6 is 67.8 Å². The summed E-state index contributed by atoms with van der Waals surface area (Å²) in [5.41, 5.74) is 0. The Morgan fingerprint density at radius 2 is 1.50 bits per heavy atom. The molecule has 0 aromatic carbocycles. The Morgan fingerprint density at radius 3 is 1.50 bits per heavy atom. The van der Waals surface area contributed by atoms with Crippen LogP contribution in [0.1, 0.15) is 0 Å². The summed E-state index contributed by atoms with van der Waals surface area (Å²) in [4.78, 5) is 0. The van der Waals surface area contributed by atoms with Gasteiger partial charge in [0.2, 0.25) is 0 Å². The molecule has 0 aromatic heterocycles. The van der Waals surface area contributed by atoms with Gasteiger partial charge in [0.25, 0.3) is 6.43 Å². The van der Waals surface area contributed by atoms with E-state index < -0.39 is 11.7 Å². The molecule has 0 rings (SSSR count). The second-order valence-electron chi connectivity index (χ2n) is 1.47. The lowest BCUT2D eigenvalue weighted by molar-refractivity contribution is -0.171. The Hall–Kier alpha value is 1.94. The molecule has 7 heteroatoms. The average molecular weight is 492 g/mol. The van der Waals surface area contributed by atoms with Gasteiger partial charge in [0.1, 0.15) is 0 Å². The summed E-state index contributed by atoms with van der Waals surface area (Å²) in [5.74, 6) is -3.44. The predicted molar refractivity (Wildman–Crippen MR) is 56.9 cm³/mol. The van der Waals surface area contributed by atoms with Crippen molar-refractivity contribution in [3.05, 3.63) is 0 Å². The highest BCUT2D eigenvalue weighted by molar-refractivity contribution is 14.3. The fraction of sp³-hybridized carbons (Fsp3) is 1.00. The lowest BCUT2D eigenvalue weighted by Gasteiger charge is -2.26. The van der Waals surface area contributed by atoms with Crippen LogP contribution in [0.4, 0.5) is 13.2 Å². The molecule has 62 valence electrons. The Bertz CT molecular complexity index is 121. The van der Waals surface area contributed by atoms with Gasteiger partial charge in [-0.1, -0.05) is 0 Å². The van der Waals surface area contributed by atoms with Gasteiger partial charge in [-0.3, -0.25) is 0 Å². The maximum atomic E-state index is 12.5. The topological polar surface area (TPSA) is 20.2 Å². The van der Waals surface area contributed by atoms with Crippen LogP contribution < -0.4 is 0 Å². The maximum Gasteiger partial charge on any atom is 0.301 e. The SMILES string of the molecule is OC(F)(C(F)F)C(I)(I)I. The van der Waals surface area contributed by atoms with Crippen LogP contribution in [-0.4, -0.2) is 16.8 Å². The van der Waals surface area contributed by atoms with Crippen molar-refractivity contribution in [1.82, 2.24) is 0 Å². The molecule has 10 heavy (non-hydrogen) atoms. The Morgan fingerprint density at radius 1 is 1.20 bits per heavy atom. The molecule has 0 aliphatic heterocycles. The third kappa shape index (κ3) is 2.77. The van der Waals surface area contributed by atoms with E-state index in [0.717, 1.165) is 0 Å². The Balaban J connectivity index is 4.40. The van der Waals surface area contributed by atoms with Crippen molar-refractivity contribution in [1.29, 1.82) is 0 Å². The van der Waals surface area contributed by atoms with E-state index in [0.29, 0.717) is 0 Å². The maximum absolute atomic E-state index is 12.5. The standard InChI is InChI=1S/C3H2F3I3O/c4-1(5)2(6,10)3(7,8)9/h1,10H. The Labute approximate surface area is 96.5 Å². The van der Waals surface area contributed by atoms with Crippen LogP contribution in [0.3, 0.4) is 0 Å². The molecule has 1 unspecified atom stereocenters. The molecule has 0 bridgehead atoms. The van der Waals surface area contributed by atoms with E-state index in [-0.39, 0.29) is 0 Å². The summed E-state index contributed by atoms with van der Waals surface area (Å²) in [6, 6.07) is 0. The summed E-state index contributed by atoms with van der Waals surface area (Å²) in [6.07, 6.45) is -3.38. The summed E-state index contributed by atoms with van der Waals surface area (Å²) < 4.78 is 34.3. The van der Waals surface area contributed by atoms with E-state index in [1.807, 2.05) is 0 Å². The van der Waals surface area contributed by atoms with E-state index in [1.165, 1.54) is 67.8 Å². The van der Waals surface area contributed by atoms with E-state index in [4.69, 9.17) is 5.11 Å². The highest BCUT2D eigenvalue weighted by Gasteiger charge is 2.53. The number of rotatable bonds is 2. The minimum atomic E-state index is -3.44. The third-order valence-corrected chi connectivity index (χ3v) is 2.96. The highest BCUT2D eigenvalue weighted by Crippen LogP contribution is 2.48. The molecule has 0 spiro atoms. The van der Waals surface area contributed by atoms with Gasteiger partial charge in [0.05, 0.1) is 0 Å². The van der Waals surface area contributed by atoms with Crippen molar-refractivity contribution in [2.75, 3.05) is 0 Å². The van der Waals surface area contributed by atoms with Crippen molar-refractivity contribution in [2.24, 2.45) is 0 Å². The first-order chi connectivity index (χ1) is 4.19. The summed E-state index contributed by atoms with van der Waals surface area (Å²) in [7, 11) is 0. The number of hydrogen-bond acceptors (Lipinski definition) is 1. The lowest BCUT2D eigenvalue weighted by atomic mass is 10.4. The van der Waals surface area contributed by atoms with Gasteiger partial charge in [0, 0.05) is 0 Å². The first kappa shape index (κ1) is 11.9. The van der Waals surface area contributed by atoms with E-state index >= 15 is 0 Å². The van der Waals surface area contributed by atoms with E-state index in [9.17, 15) is 13.2 Å². The number of halogens is 6. The molecule has 0 amide bonds. The molecule has 1 N–H and O–H groups in total. The van der Waals surface area contributed by atoms with Gasteiger partial charge in [-0.05, 0) is 67.8 Å². The van der Waals surface area contributed by atoms with Gasteiger partial charge in [-0.15, -0.1) is 0 Å². The van der Waals surface area contributed by atoms with Crippen molar-refractivity contribution in [3.8, 4) is 0 Å². The second-order valence-corrected chi connectivity index (χ2v) is 12.5. The monoisotopic (exact) mass is 492 g/mol. The van der Waals surface area contributed by atoms with Gasteiger partial charge in [-0.2, -0.15) is 0 Å². The zero-order chi connectivity index (χ0) is 8.58. The largest absolute Gasteiger partial charge is 0.355 e. The molecule has 0 aromatic rings. The zero-order valence-corrected chi connectivity index (χ0v) is 10.8. The van der Waals surface area contributed by atoms with Crippen molar-refractivity contribution in [3.63, 3.8) is 0 Å². The molecule has 0 saturated carbocycles. The molecular formula is C3H2F3I3O. The van der Waals surface area contributed by atoms with Gasteiger partial charge < -0.3 is 5.11 Å². The summed E-state index contributed by atoms with van der Waals surface area (Å²) >= 11 is 4.21. The molecule has 0 saturated heterocycles. The van der Waals surface area contributed by atoms with Crippen LogP contribution in [0.5, 0.6) is 0 Å². The van der Waals surface area contributed by atoms with Gasteiger partial charge in [0.15, 0.2) is -0.565 Å². The Kier molecular flexibility index (Phi) is 4.50. The quantitative estimate of drug-likeness (QED) is 0.465. The van der Waals surface area contributed by atoms with Gasteiger partial charge in [-0.25, -0.2) is 13.2 Å². The molecular weight excluding hydrogens is 490 g/mol. The van der Waals surface area contributed by atoms with Crippen LogP contribution in [0.25, 0.3) is 0 Å². The van der Waals surface area contributed by atoms with Crippen LogP contribution in [0, 0.1) is 0 Å². The molecule has 0 fully saturated rings. The zero-order valence-electron chi connectivity index (χ0n) is 4.29. The molecule has 0 radical (unpaired) electrons. The number of aliphatic hydroxyl groups is 1. The smallest absolute Gasteiger partial charge is 0.301 e. The minimum absolute atomic E-state index is 1.40. The molecule has 1 nitrogen and oxygen atoms in total. The predicted octanol–water partition coefficient (Wildman–Crippen LogP) is 2.87. The highest BCUT2D eigenvalue weighted by atomic mass is 127. The van der Waals surface area contributed by atoms with Crippen LogP contribution in [-0.2, 0) is 0 Å². The lowest BCUT2D eigenvalue weighted by Crippen LogP contribution is -2.43. The molecule has 1 atom stereocenters. The van der Waals surface area contributed by atoms with E-state index in [1.54, 1.807) is 0 Å². The molecule has 0 aliphatic carbocycles. The normalized spacial score (nSPS) is 19.2.